The van der Waals surface area contributed by atoms with E-state index in [2.05, 4.69) is 82.4 Å². The molecule has 5 aliphatic heterocycles. The molecule has 4 atom stereocenters. The number of nitrogens with zero attached hydrogens (tertiary/aromatic N) is 4. The van der Waals surface area contributed by atoms with Crippen molar-refractivity contribution in [3.05, 3.63) is 131 Å². The molecule has 0 aromatic heterocycles. The van der Waals surface area contributed by atoms with Crippen LogP contribution in [0.3, 0.4) is 0 Å². The Balaban J connectivity index is 0.733. The maximum Gasteiger partial charge on any atom is 0.255 e. The van der Waals surface area contributed by atoms with Crippen LogP contribution in [0.15, 0.2) is 97.2 Å². The van der Waals surface area contributed by atoms with Crippen LogP contribution in [0.4, 0.5) is 5.69 Å². The number of carbonyl (C=O) groups excluding carboxylic acids is 3. The smallest absolute Gasteiger partial charge is 0.255 e. The lowest BCUT2D eigenvalue weighted by Crippen LogP contribution is -2.61. The topological polar surface area (TPSA) is 115 Å². The van der Waals surface area contributed by atoms with Gasteiger partial charge in [-0.3, -0.25) is 19.3 Å². The Kier molecular flexibility index (Phi) is 8.92. The maximum atomic E-state index is 13.5. The summed E-state index contributed by atoms with van der Waals surface area (Å²) in [6.45, 7) is 8.24. The van der Waals surface area contributed by atoms with E-state index < -0.39 is 6.04 Å². The summed E-state index contributed by atoms with van der Waals surface area (Å²) in [5.74, 6) is 2.18. The fourth-order valence-electron chi connectivity index (χ4n) is 10.0. The van der Waals surface area contributed by atoms with E-state index in [1.807, 2.05) is 23.1 Å². The molecular formula is C46H47N5O6. The third-order valence-corrected chi connectivity index (χ3v) is 13.0. The fraction of sp³-hybridized carbons (Fsp3) is 0.370. The number of likely N-dealkylation sites (tertiary alicyclic amines) is 1. The summed E-state index contributed by atoms with van der Waals surface area (Å²) in [5.41, 5.74) is 8.12. The molecule has 11 nitrogen and oxygen atoms in total. The van der Waals surface area contributed by atoms with Gasteiger partial charge in [-0.25, -0.2) is 0 Å². The molecule has 4 aromatic carbocycles. The van der Waals surface area contributed by atoms with Crippen LogP contribution < -0.4 is 19.7 Å². The number of nitrogens with one attached hydrogen (secondary N) is 1. The maximum absolute atomic E-state index is 13.5. The van der Waals surface area contributed by atoms with Crippen LogP contribution in [-0.2, 0) is 22.6 Å². The van der Waals surface area contributed by atoms with E-state index in [4.69, 9.17) is 9.47 Å². The predicted molar refractivity (Wildman–Crippen MR) is 215 cm³/mol. The summed E-state index contributed by atoms with van der Waals surface area (Å²) in [7, 11) is 0. The monoisotopic (exact) mass is 765 g/mol. The molecule has 0 spiro atoms. The first-order chi connectivity index (χ1) is 27.8. The number of piperidine rings is 1. The van der Waals surface area contributed by atoms with Crippen molar-refractivity contribution in [1.29, 1.82) is 0 Å². The molecule has 3 fully saturated rings. The third-order valence-electron chi connectivity index (χ3n) is 13.0. The van der Waals surface area contributed by atoms with Gasteiger partial charge in [0.2, 0.25) is 11.8 Å². The molecule has 6 aliphatic rings. The Bertz CT molecular complexity index is 2260. The number of carbonyl (C=O) groups is 3. The summed E-state index contributed by atoms with van der Waals surface area (Å²) in [6, 6.07) is 28.3. The van der Waals surface area contributed by atoms with Gasteiger partial charge >= 0.3 is 0 Å². The number of ether oxygens (including phenoxy) is 2. The zero-order valence-corrected chi connectivity index (χ0v) is 31.9. The standard InChI is InChI=1S/C46H47N5O6/c1-28-7-17-41(45(54)47-28)51-25-39-38(46(51)55)16-18-40-44(39)56-27-32-22-49(19-20-50(32)40)42(53)26-48-23-35(24-48)57-34-12-8-30(9-13-34)43-36(29-5-3-2-4-6-29)14-10-31-21-33(52)11-15-37(31)43/h2-6,8-9,11-13,15-16,18,21,32,35-36,41,43,52H,1,7,10,14,17,19-20,22-27H2,(H,47,54)/t32-,36-,41?,43+/m1/s1. The van der Waals surface area contributed by atoms with Crippen molar-refractivity contribution in [2.75, 3.05) is 50.8 Å². The Morgan fingerprint density at radius 2 is 1.72 bits per heavy atom. The highest BCUT2D eigenvalue weighted by Crippen LogP contribution is 2.47. The molecule has 4 aromatic rings. The second kappa shape index (κ2) is 14.3. The summed E-state index contributed by atoms with van der Waals surface area (Å²) in [6.07, 6.45) is 3.19. The van der Waals surface area contributed by atoms with Gasteiger partial charge in [-0.15, -0.1) is 0 Å². The molecule has 0 radical (unpaired) electrons. The Morgan fingerprint density at radius 3 is 2.53 bits per heavy atom. The van der Waals surface area contributed by atoms with Crippen LogP contribution >= 0.6 is 0 Å². The van der Waals surface area contributed by atoms with Crippen molar-refractivity contribution in [3.8, 4) is 17.2 Å². The molecule has 10 rings (SSSR count). The molecule has 57 heavy (non-hydrogen) atoms. The Morgan fingerprint density at radius 1 is 0.895 bits per heavy atom. The van der Waals surface area contributed by atoms with Crippen molar-refractivity contribution in [3.63, 3.8) is 0 Å². The van der Waals surface area contributed by atoms with Crippen LogP contribution in [0.25, 0.3) is 0 Å². The van der Waals surface area contributed by atoms with Crippen LogP contribution in [0, 0.1) is 0 Å². The van der Waals surface area contributed by atoms with Gasteiger partial charge < -0.3 is 34.6 Å². The van der Waals surface area contributed by atoms with E-state index in [0.29, 0.717) is 88.2 Å². The van der Waals surface area contributed by atoms with Crippen LogP contribution in [-0.4, -0.2) is 102 Å². The molecule has 3 amide bonds. The number of allylic oxidation sites excluding steroid dienone is 1. The number of hydrogen-bond acceptors (Lipinski definition) is 8. The van der Waals surface area contributed by atoms with Gasteiger partial charge in [-0.1, -0.05) is 55.1 Å². The number of aryl methyl sites for hydroxylation is 1. The zero-order valence-electron chi connectivity index (χ0n) is 31.9. The van der Waals surface area contributed by atoms with Crippen molar-refractivity contribution >= 4 is 23.4 Å². The van der Waals surface area contributed by atoms with E-state index in [1.54, 1.807) is 11.0 Å². The molecule has 292 valence electrons. The van der Waals surface area contributed by atoms with E-state index in [1.165, 1.54) is 22.3 Å². The zero-order chi connectivity index (χ0) is 38.8. The lowest BCUT2D eigenvalue weighted by atomic mass is 9.69. The average Bonchev–Trinajstić information content (AvgIpc) is 3.55. The lowest BCUT2D eigenvalue weighted by molar-refractivity contribution is -0.135. The highest BCUT2D eigenvalue weighted by Gasteiger charge is 2.43. The Labute approximate surface area is 332 Å². The van der Waals surface area contributed by atoms with Gasteiger partial charge in [-0.05, 0) is 90.3 Å². The van der Waals surface area contributed by atoms with E-state index in [0.717, 1.165) is 35.6 Å². The van der Waals surface area contributed by atoms with Gasteiger partial charge in [0.1, 0.15) is 36.0 Å². The van der Waals surface area contributed by atoms with Gasteiger partial charge in [0.05, 0.1) is 24.8 Å². The molecule has 2 N–H and O–H groups in total. The second-order valence-corrected chi connectivity index (χ2v) is 16.4. The van der Waals surface area contributed by atoms with Crippen molar-refractivity contribution < 1.29 is 29.0 Å². The highest BCUT2D eigenvalue weighted by atomic mass is 16.5. The molecule has 1 unspecified atom stereocenters. The SMILES string of the molecule is C=C1CCC(N2Cc3c(ccc4c3OC[C@H]3CN(C(=O)CN5CC(Oc6ccc([C@@H]7c8ccc(O)cc8CC[C@@H]7c7ccccc7)cc6)C5)CCN43)C2=O)C(=O)N1. The molecule has 11 heteroatoms. The van der Waals surface area contributed by atoms with Crippen molar-refractivity contribution in [2.24, 2.45) is 0 Å². The van der Waals surface area contributed by atoms with E-state index in [9.17, 15) is 19.5 Å². The van der Waals surface area contributed by atoms with Crippen LogP contribution in [0.5, 0.6) is 17.2 Å². The normalized spacial score (nSPS) is 24.4. The number of phenols is 1. The van der Waals surface area contributed by atoms with E-state index in [-0.39, 0.29) is 35.8 Å². The fourth-order valence-corrected chi connectivity index (χ4v) is 10.0. The number of hydrogen-bond donors (Lipinski definition) is 2. The number of anilines is 1. The number of fused-ring (bicyclic) bond motifs is 6. The molecule has 0 bridgehead atoms. The molecule has 3 saturated heterocycles. The predicted octanol–water partition coefficient (Wildman–Crippen LogP) is 5.18. The Hall–Kier alpha value is -5.81. The lowest BCUT2D eigenvalue weighted by Gasteiger charge is -2.46. The van der Waals surface area contributed by atoms with Crippen LogP contribution in [0.2, 0.25) is 0 Å². The summed E-state index contributed by atoms with van der Waals surface area (Å²) in [5, 5.41) is 13.0. The molecule has 0 saturated carbocycles. The van der Waals surface area contributed by atoms with Crippen molar-refractivity contribution in [2.45, 2.75) is 62.3 Å². The summed E-state index contributed by atoms with van der Waals surface area (Å²) >= 11 is 0. The first-order valence-electron chi connectivity index (χ1n) is 20.3. The number of aromatic hydroxyl groups is 1. The van der Waals surface area contributed by atoms with Gasteiger partial charge in [0, 0.05) is 55.5 Å². The second-order valence-electron chi connectivity index (χ2n) is 16.4. The van der Waals surface area contributed by atoms with E-state index >= 15 is 0 Å². The number of amides is 3. The van der Waals surface area contributed by atoms with Crippen molar-refractivity contribution in [1.82, 2.24) is 20.0 Å². The third kappa shape index (κ3) is 6.47. The van der Waals surface area contributed by atoms with Gasteiger partial charge in [0.15, 0.2) is 0 Å². The number of rotatable bonds is 7. The first kappa shape index (κ1) is 35.6. The minimum atomic E-state index is -0.520. The minimum Gasteiger partial charge on any atom is -0.508 e. The number of phenolic OH excluding ortho intramolecular Hbond substituents is 1. The molecule has 1 aliphatic carbocycles. The number of piperazine rings is 1. The minimum absolute atomic E-state index is 0.0178. The summed E-state index contributed by atoms with van der Waals surface area (Å²) < 4.78 is 12.7. The largest absolute Gasteiger partial charge is 0.508 e. The quantitative estimate of drug-likeness (QED) is 0.265. The van der Waals surface area contributed by atoms with Crippen LogP contribution in [0.1, 0.15) is 69.3 Å². The van der Waals surface area contributed by atoms with Gasteiger partial charge in [-0.2, -0.15) is 0 Å². The summed E-state index contributed by atoms with van der Waals surface area (Å²) in [4.78, 5) is 47.7. The first-order valence-corrected chi connectivity index (χ1v) is 20.3. The van der Waals surface area contributed by atoms with Gasteiger partial charge in [0.25, 0.3) is 5.91 Å². The molecular weight excluding hydrogens is 719 g/mol. The number of benzene rings is 4. The highest BCUT2D eigenvalue weighted by molar-refractivity contribution is 6.03. The average molecular weight is 766 g/mol. The molecule has 5 heterocycles.